The number of hydrogen-bond acceptors (Lipinski definition) is 2. The Bertz CT molecular complexity index is 533. The summed E-state index contributed by atoms with van der Waals surface area (Å²) in [4.78, 5) is 6.76. The number of aromatic amines is 1. The van der Waals surface area contributed by atoms with E-state index in [1.165, 1.54) is 0 Å². The molecule has 1 heterocycles. The first-order chi connectivity index (χ1) is 7.86. The molecule has 0 saturated carbocycles. The summed E-state index contributed by atoms with van der Waals surface area (Å²) in [7, 11) is 0. The summed E-state index contributed by atoms with van der Waals surface area (Å²) in [5, 5.41) is 8.93. The maximum Gasteiger partial charge on any atom is 0.414 e. The Morgan fingerprint density at radius 1 is 1.41 bits per heavy atom. The highest BCUT2D eigenvalue weighted by Gasteiger charge is 2.38. The van der Waals surface area contributed by atoms with Crippen molar-refractivity contribution < 1.29 is 18.3 Å². The van der Waals surface area contributed by atoms with E-state index in [1.807, 2.05) is 13.0 Å². The van der Waals surface area contributed by atoms with Crippen molar-refractivity contribution in [1.29, 1.82) is 0 Å². The van der Waals surface area contributed by atoms with Crippen LogP contribution in [0.4, 0.5) is 13.2 Å². The number of halogens is 3. The van der Waals surface area contributed by atoms with Gasteiger partial charge in [0.05, 0.1) is 11.0 Å². The van der Waals surface area contributed by atoms with Gasteiger partial charge >= 0.3 is 6.18 Å². The zero-order valence-electron chi connectivity index (χ0n) is 9.04. The maximum absolute atomic E-state index is 12.2. The molecule has 0 saturated heterocycles. The van der Waals surface area contributed by atoms with Gasteiger partial charge in [-0.1, -0.05) is 6.07 Å². The summed E-state index contributed by atoms with van der Waals surface area (Å²) < 4.78 is 36.5. The van der Waals surface area contributed by atoms with Crippen LogP contribution in [0.25, 0.3) is 11.0 Å². The molecule has 2 rings (SSSR count). The van der Waals surface area contributed by atoms with Crippen LogP contribution in [0, 0.1) is 6.92 Å². The number of rotatable bonds is 2. The molecule has 0 amide bonds. The lowest BCUT2D eigenvalue weighted by molar-refractivity contribution is -0.203. The summed E-state index contributed by atoms with van der Waals surface area (Å²) in [6.45, 7) is 1.88. The van der Waals surface area contributed by atoms with Gasteiger partial charge < -0.3 is 10.1 Å². The molecule has 0 bridgehead atoms. The van der Waals surface area contributed by atoms with Crippen LogP contribution in [0.5, 0.6) is 0 Å². The molecule has 0 spiro atoms. The van der Waals surface area contributed by atoms with E-state index >= 15 is 0 Å². The number of imidazole rings is 1. The Balaban J connectivity index is 2.25. The molecule has 0 radical (unpaired) electrons. The minimum absolute atomic E-state index is 0.135. The SMILES string of the molecule is Cc1ccc2nc(CC(O)C(F)(F)F)[nH]c2c1. The van der Waals surface area contributed by atoms with Gasteiger partial charge in [-0.2, -0.15) is 13.2 Å². The fourth-order valence-electron chi connectivity index (χ4n) is 1.57. The summed E-state index contributed by atoms with van der Waals surface area (Å²) in [5.74, 6) is 0.135. The largest absolute Gasteiger partial charge is 0.414 e. The lowest BCUT2D eigenvalue weighted by atomic mass is 10.2. The molecule has 0 aliphatic carbocycles. The first kappa shape index (κ1) is 11.9. The molecular weight excluding hydrogens is 233 g/mol. The van der Waals surface area contributed by atoms with Gasteiger partial charge in [-0.05, 0) is 24.6 Å². The third-order valence-electron chi connectivity index (χ3n) is 2.45. The Labute approximate surface area is 95.3 Å². The monoisotopic (exact) mass is 244 g/mol. The van der Waals surface area contributed by atoms with E-state index in [2.05, 4.69) is 9.97 Å². The first-order valence-corrected chi connectivity index (χ1v) is 5.06. The van der Waals surface area contributed by atoms with E-state index < -0.39 is 18.7 Å². The predicted octanol–water partition coefficient (Wildman–Crippen LogP) is 2.34. The second-order valence-corrected chi connectivity index (χ2v) is 3.97. The number of aliphatic hydroxyl groups excluding tert-OH is 1. The minimum Gasteiger partial charge on any atom is -0.383 e. The van der Waals surface area contributed by atoms with Crippen LogP contribution >= 0.6 is 0 Å². The van der Waals surface area contributed by atoms with Crippen LogP contribution < -0.4 is 0 Å². The van der Waals surface area contributed by atoms with E-state index in [4.69, 9.17) is 5.11 Å². The zero-order valence-corrected chi connectivity index (χ0v) is 9.04. The third-order valence-corrected chi connectivity index (χ3v) is 2.45. The molecule has 6 heteroatoms. The minimum atomic E-state index is -4.62. The lowest BCUT2D eigenvalue weighted by Gasteiger charge is -2.12. The molecule has 2 aromatic rings. The van der Waals surface area contributed by atoms with Crippen molar-refractivity contribution in [3.8, 4) is 0 Å². The van der Waals surface area contributed by atoms with Crippen molar-refractivity contribution in [3.63, 3.8) is 0 Å². The van der Waals surface area contributed by atoms with E-state index in [-0.39, 0.29) is 5.82 Å². The quantitative estimate of drug-likeness (QED) is 0.851. The Hall–Kier alpha value is -1.56. The lowest BCUT2D eigenvalue weighted by Crippen LogP contribution is -2.30. The van der Waals surface area contributed by atoms with E-state index in [9.17, 15) is 13.2 Å². The molecule has 0 aliphatic rings. The maximum atomic E-state index is 12.2. The zero-order chi connectivity index (χ0) is 12.6. The van der Waals surface area contributed by atoms with Gasteiger partial charge in [0.2, 0.25) is 0 Å². The number of H-pyrrole nitrogens is 1. The number of hydrogen-bond donors (Lipinski definition) is 2. The fraction of sp³-hybridized carbons (Fsp3) is 0.364. The number of nitrogens with zero attached hydrogens (tertiary/aromatic N) is 1. The van der Waals surface area contributed by atoms with Gasteiger partial charge in [-0.15, -0.1) is 0 Å². The summed E-state index contributed by atoms with van der Waals surface area (Å²) >= 11 is 0. The number of aromatic nitrogens is 2. The molecular formula is C11H11F3N2O. The van der Waals surface area contributed by atoms with Crippen LogP contribution in [-0.4, -0.2) is 27.4 Å². The molecule has 0 aliphatic heterocycles. The van der Waals surface area contributed by atoms with Crippen molar-refractivity contribution in [3.05, 3.63) is 29.6 Å². The number of benzene rings is 1. The third kappa shape index (κ3) is 2.58. The van der Waals surface area contributed by atoms with Crippen LogP contribution in [0.2, 0.25) is 0 Å². The highest BCUT2D eigenvalue weighted by Crippen LogP contribution is 2.23. The Morgan fingerprint density at radius 2 is 2.12 bits per heavy atom. The highest BCUT2D eigenvalue weighted by molar-refractivity contribution is 5.75. The normalized spacial score (nSPS) is 14.2. The number of alkyl halides is 3. The number of nitrogens with one attached hydrogen (secondary N) is 1. The second kappa shape index (κ2) is 4.03. The molecule has 1 aromatic heterocycles. The van der Waals surface area contributed by atoms with E-state index in [0.717, 1.165) is 5.56 Å². The summed E-state index contributed by atoms with van der Waals surface area (Å²) in [6, 6.07) is 5.35. The van der Waals surface area contributed by atoms with Crippen LogP contribution in [0.3, 0.4) is 0 Å². The topological polar surface area (TPSA) is 48.9 Å². The highest BCUT2D eigenvalue weighted by atomic mass is 19.4. The molecule has 1 atom stereocenters. The van der Waals surface area contributed by atoms with Crippen molar-refractivity contribution in [1.82, 2.24) is 9.97 Å². The molecule has 17 heavy (non-hydrogen) atoms. The second-order valence-electron chi connectivity index (χ2n) is 3.97. The standard InChI is InChI=1S/C11H11F3N2O/c1-6-2-3-7-8(4-6)16-10(15-7)5-9(17)11(12,13)14/h2-4,9,17H,5H2,1H3,(H,15,16). The van der Waals surface area contributed by atoms with Gasteiger partial charge in [0, 0.05) is 6.42 Å². The van der Waals surface area contributed by atoms with Gasteiger partial charge in [0.25, 0.3) is 0 Å². The molecule has 2 N–H and O–H groups in total. The van der Waals surface area contributed by atoms with Gasteiger partial charge in [0.1, 0.15) is 5.82 Å². The molecule has 92 valence electrons. The van der Waals surface area contributed by atoms with Crippen molar-refractivity contribution >= 4 is 11.0 Å². The van der Waals surface area contributed by atoms with E-state index in [1.54, 1.807) is 12.1 Å². The first-order valence-electron chi connectivity index (χ1n) is 5.06. The molecule has 1 aromatic carbocycles. The van der Waals surface area contributed by atoms with Crippen molar-refractivity contribution in [2.24, 2.45) is 0 Å². The average molecular weight is 244 g/mol. The summed E-state index contributed by atoms with van der Waals surface area (Å²) in [5.41, 5.74) is 2.26. The Kier molecular flexibility index (Phi) is 2.82. The fourth-order valence-corrected chi connectivity index (χ4v) is 1.57. The molecule has 1 unspecified atom stereocenters. The summed E-state index contributed by atoms with van der Waals surface area (Å²) in [6.07, 6.45) is -7.56. The molecule has 0 fully saturated rings. The van der Waals surface area contributed by atoms with Crippen LogP contribution in [-0.2, 0) is 6.42 Å². The smallest absolute Gasteiger partial charge is 0.383 e. The number of aryl methyl sites for hydroxylation is 1. The number of aliphatic hydroxyl groups is 1. The average Bonchev–Trinajstić information content (AvgIpc) is 2.57. The van der Waals surface area contributed by atoms with Gasteiger partial charge in [-0.3, -0.25) is 0 Å². The van der Waals surface area contributed by atoms with Crippen molar-refractivity contribution in [2.75, 3.05) is 0 Å². The Morgan fingerprint density at radius 3 is 2.76 bits per heavy atom. The van der Waals surface area contributed by atoms with Crippen LogP contribution in [0.15, 0.2) is 18.2 Å². The van der Waals surface area contributed by atoms with Crippen LogP contribution in [0.1, 0.15) is 11.4 Å². The molecule has 3 nitrogen and oxygen atoms in total. The van der Waals surface area contributed by atoms with Crippen molar-refractivity contribution in [2.45, 2.75) is 25.6 Å². The van der Waals surface area contributed by atoms with E-state index in [0.29, 0.717) is 11.0 Å². The van der Waals surface area contributed by atoms with Gasteiger partial charge in [0.15, 0.2) is 6.10 Å². The number of fused-ring (bicyclic) bond motifs is 1. The predicted molar refractivity (Wildman–Crippen MR) is 56.6 cm³/mol. The van der Waals surface area contributed by atoms with Gasteiger partial charge in [-0.25, -0.2) is 4.98 Å².